The fraction of sp³-hybridized carbons (Fsp3) is 0.444. The van der Waals surface area contributed by atoms with Crippen LogP contribution in [0.2, 0.25) is 0 Å². The van der Waals surface area contributed by atoms with Gasteiger partial charge < -0.3 is 10.4 Å². The van der Waals surface area contributed by atoms with Crippen molar-refractivity contribution in [2.24, 2.45) is 0 Å². The second-order valence-corrected chi connectivity index (χ2v) is 7.19. The predicted octanol–water partition coefficient (Wildman–Crippen LogP) is 3.82. The van der Waals surface area contributed by atoms with E-state index in [4.69, 9.17) is 0 Å². The molecule has 27 heavy (non-hydrogen) atoms. The Kier molecular flexibility index (Phi) is 5.84. The van der Waals surface area contributed by atoms with Crippen molar-refractivity contribution in [3.8, 4) is 0 Å². The van der Waals surface area contributed by atoms with Crippen LogP contribution in [0.15, 0.2) is 30.3 Å². The summed E-state index contributed by atoms with van der Waals surface area (Å²) in [5.41, 5.74) is -0.886. The van der Waals surface area contributed by atoms with Crippen LogP contribution in [0.25, 0.3) is 0 Å². The van der Waals surface area contributed by atoms with Crippen LogP contribution in [-0.2, 0) is 11.7 Å². The number of halogens is 3. The van der Waals surface area contributed by atoms with E-state index >= 15 is 0 Å². The maximum Gasteiger partial charge on any atom is 0.416 e. The number of carbonyl (C=O) groups is 1. The van der Waals surface area contributed by atoms with Crippen molar-refractivity contribution < 1.29 is 23.1 Å². The minimum absolute atomic E-state index is 0.291. The molecule has 0 unspecified atom stereocenters. The third-order valence-electron chi connectivity index (χ3n) is 3.79. The van der Waals surface area contributed by atoms with Crippen LogP contribution in [0, 0.1) is 6.92 Å². The van der Waals surface area contributed by atoms with Gasteiger partial charge >= 0.3 is 12.2 Å². The van der Waals surface area contributed by atoms with Gasteiger partial charge in [0.05, 0.1) is 22.9 Å². The number of hydrogen-bond donors (Lipinski definition) is 3. The third kappa shape index (κ3) is 5.22. The van der Waals surface area contributed by atoms with E-state index in [1.54, 1.807) is 17.7 Å². The van der Waals surface area contributed by atoms with Crippen LogP contribution in [0.4, 0.5) is 23.8 Å². The van der Waals surface area contributed by atoms with Crippen molar-refractivity contribution in [2.75, 3.05) is 11.9 Å². The lowest BCUT2D eigenvalue weighted by atomic mass is 10.0. The van der Waals surface area contributed by atoms with Gasteiger partial charge in [0, 0.05) is 12.6 Å². The van der Waals surface area contributed by atoms with Crippen molar-refractivity contribution in [1.29, 1.82) is 0 Å². The van der Waals surface area contributed by atoms with Gasteiger partial charge in [-0.1, -0.05) is 18.2 Å². The standard InChI is InChI=1S/C18H23F3N4O2/c1-11-9-15(25(24-11)17(2,3)4)23-16(27)22-10-14(26)12-7-5-6-8-13(12)18(19,20)21/h5-9,14,26H,10H2,1-4H3,(H2,22,23,27)/t14-/m0/s1. The van der Waals surface area contributed by atoms with E-state index in [0.29, 0.717) is 11.5 Å². The van der Waals surface area contributed by atoms with Gasteiger partial charge in [-0.2, -0.15) is 18.3 Å². The highest BCUT2D eigenvalue weighted by Gasteiger charge is 2.34. The van der Waals surface area contributed by atoms with E-state index in [9.17, 15) is 23.1 Å². The van der Waals surface area contributed by atoms with Gasteiger partial charge in [0.1, 0.15) is 5.82 Å². The zero-order valence-electron chi connectivity index (χ0n) is 15.6. The van der Waals surface area contributed by atoms with Crippen LogP contribution < -0.4 is 10.6 Å². The number of urea groups is 1. The fourth-order valence-electron chi connectivity index (χ4n) is 2.61. The van der Waals surface area contributed by atoms with Gasteiger partial charge in [0.2, 0.25) is 0 Å². The molecule has 1 aromatic heterocycles. The predicted molar refractivity (Wildman–Crippen MR) is 95.4 cm³/mol. The van der Waals surface area contributed by atoms with Crippen molar-refractivity contribution in [2.45, 2.75) is 45.5 Å². The van der Waals surface area contributed by atoms with Gasteiger partial charge in [-0.25, -0.2) is 9.48 Å². The Balaban J connectivity index is 2.05. The molecule has 0 aliphatic rings. The monoisotopic (exact) mass is 384 g/mol. The first-order chi connectivity index (χ1) is 12.4. The molecule has 0 saturated carbocycles. The van der Waals surface area contributed by atoms with Gasteiger partial charge in [0.25, 0.3) is 0 Å². The molecular weight excluding hydrogens is 361 g/mol. The minimum atomic E-state index is -4.59. The van der Waals surface area contributed by atoms with Crippen molar-refractivity contribution in [3.05, 3.63) is 47.2 Å². The van der Waals surface area contributed by atoms with Gasteiger partial charge in [-0.3, -0.25) is 5.32 Å². The number of anilines is 1. The number of aromatic nitrogens is 2. The van der Waals surface area contributed by atoms with E-state index in [0.717, 1.165) is 6.07 Å². The third-order valence-corrected chi connectivity index (χ3v) is 3.79. The highest BCUT2D eigenvalue weighted by Crippen LogP contribution is 2.34. The Morgan fingerprint density at radius 1 is 1.26 bits per heavy atom. The molecule has 3 N–H and O–H groups in total. The second kappa shape index (κ2) is 7.59. The number of benzene rings is 1. The largest absolute Gasteiger partial charge is 0.416 e. The summed E-state index contributed by atoms with van der Waals surface area (Å²) in [5, 5.41) is 19.4. The molecule has 0 fully saturated rings. The summed E-state index contributed by atoms with van der Waals surface area (Å²) >= 11 is 0. The van der Waals surface area contributed by atoms with E-state index in [1.165, 1.54) is 18.2 Å². The van der Waals surface area contributed by atoms with Gasteiger partial charge in [-0.05, 0) is 39.3 Å². The van der Waals surface area contributed by atoms with Crippen LogP contribution in [0.5, 0.6) is 0 Å². The zero-order chi connectivity index (χ0) is 20.4. The summed E-state index contributed by atoms with van der Waals surface area (Å²) in [4.78, 5) is 12.1. The normalized spacial score (nSPS) is 13.3. The van der Waals surface area contributed by atoms with Crippen molar-refractivity contribution in [3.63, 3.8) is 0 Å². The quantitative estimate of drug-likeness (QED) is 0.750. The van der Waals surface area contributed by atoms with Crippen molar-refractivity contribution in [1.82, 2.24) is 15.1 Å². The molecule has 0 aliphatic carbocycles. The Morgan fingerprint density at radius 2 is 1.89 bits per heavy atom. The maximum atomic E-state index is 13.0. The molecule has 2 aromatic rings. The highest BCUT2D eigenvalue weighted by molar-refractivity contribution is 5.88. The van der Waals surface area contributed by atoms with Crippen LogP contribution in [0.3, 0.4) is 0 Å². The smallest absolute Gasteiger partial charge is 0.387 e. The molecule has 0 aliphatic heterocycles. The molecule has 2 amide bonds. The number of carbonyl (C=O) groups excluding carboxylic acids is 1. The first-order valence-electron chi connectivity index (χ1n) is 8.36. The number of amides is 2. The Labute approximate surface area is 155 Å². The molecule has 9 heteroatoms. The first kappa shape index (κ1) is 20.8. The van der Waals surface area contributed by atoms with E-state index < -0.39 is 23.9 Å². The second-order valence-electron chi connectivity index (χ2n) is 7.19. The molecule has 2 rings (SSSR count). The molecule has 148 valence electrons. The number of rotatable bonds is 4. The van der Waals surface area contributed by atoms with E-state index in [1.807, 2.05) is 20.8 Å². The lowest BCUT2D eigenvalue weighted by molar-refractivity contribution is -0.139. The van der Waals surface area contributed by atoms with Gasteiger partial charge in [-0.15, -0.1) is 0 Å². The summed E-state index contributed by atoms with van der Waals surface area (Å²) < 4.78 is 40.7. The Bertz CT molecular complexity index is 810. The Morgan fingerprint density at radius 3 is 2.48 bits per heavy atom. The summed E-state index contributed by atoms with van der Waals surface area (Å²) in [6.07, 6.45) is -6.08. The molecule has 1 heterocycles. The van der Waals surface area contributed by atoms with E-state index in [-0.39, 0.29) is 17.6 Å². The number of nitrogens with zero attached hydrogens (tertiary/aromatic N) is 2. The molecule has 0 radical (unpaired) electrons. The maximum absolute atomic E-state index is 13.0. The topological polar surface area (TPSA) is 79.2 Å². The summed E-state index contributed by atoms with van der Waals surface area (Å²) in [6, 6.07) is 5.76. The zero-order valence-corrected chi connectivity index (χ0v) is 15.6. The molecule has 0 spiro atoms. The summed E-state index contributed by atoms with van der Waals surface area (Å²) in [7, 11) is 0. The lowest BCUT2D eigenvalue weighted by Crippen LogP contribution is -2.35. The number of nitrogens with one attached hydrogen (secondary N) is 2. The van der Waals surface area contributed by atoms with E-state index in [2.05, 4.69) is 15.7 Å². The molecular formula is C18H23F3N4O2. The average Bonchev–Trinajstić information content (AvgIpc) is 2.92. The summed E-state index contributed by atoms with van der Waals surface area (Å²) in [5.74, 6) is 0.447. The van der Waals surface area contributed by atoms with Crippen molar-refractivity contribution >= 4 is 11.8 Å². The molecule has 1 aromatic carbocycles. The van der Waals surface area contributed by atoms with Crippen LogP contribution in [0.1, 0.15) is 43.7 Å². The highest BCUT2D eigenvalue weighted by atomic mass is 19.4. The number of hydrogen-bond acceptors (Lipinski definition) is 3. The molecule has 0 bridgehead atoms. The Hall–Kier alpha value is -2.55. The number of aliphatic hydroxyl groups excluding tert-OH is 1. The first-order valence-corrected chi connectivity index (χ1v) is 8.36. The SMILES string of the molecule is Cc1cc(NC(=O)NC[C@H](O)c2ccccc2C(F)(F)F)n(C(C)(C)C)n1. The minimum Gasteiger partial charge on any atom is -0.387 e. The van der Waals surface area contributed by atoms with Crippen LogP contribution in [-0.4, -0.2) is 27.5 Å². The lowest BCUT2D eigenvalue weighted by Gasteiger charge is -2.22. The summed E-state index contributed by atoms with van der Waals surface area (Å²) in [6.45, 7) is 7.16. The number of aryl methyl sites for hydroxylation is 1. The average molecular weight is 384 g/mol. The van der Waals surface area contributed by atoms with Crippen LogP contribution >= 0.6 is 0 Å². The number of aliphatic hydroxyl groups is 1. The molecule has 0 saturated heterocycles. The molecule has 6 nitrogen and oxygen atoms in total. The fourth-order valence-corrected chi connectivity index (χ4v) is 2.61. The molecule has 1 atom stereocenters. The van der Waals surface area contributed by atoms with Gasteiger partial charge in [0.15, 0.2) is 0 Å². The number of alkyl halides is 3.